The molecule has 0 bridgehead atoms. The molecule has 6 heteroatoms. The lowest BCUT2D eigenvalue weighted by molar-refractivity contribution is -0.122. The van der Waals surface area contributed by atoms with Crippen LogP contribution in [0.15, 0.2) is 12.4 Å². The minimum atomic E-state index is 0.0488. The summed E-state index contributed by atoms with van der Waals surface area (Å²) < 4.78 is 7.08. The molecule has 0 spiro atoms. The van der Waals surface area contributed by atoms with E-state index in [1.807, 2.05) is 6.20 Å². The molecule has 1 heterocycles. The average molecular weight is 292 g/mol. The van der Waals surface area contributed by atoms with Gasteiger partial charge in [0.15, 0.2) is 0 Å². The zero-order chi connectivity index (χ0) is 14.7. The van der Waals surface area contributed by atoms with E-state index in [4.69, 9.17) is 4.74 Å². The molecule has 0 aromatic carbocycles. The zero-order valence-corrected chi connectivity index (χ0v) is 12.5. The van der Waals surface area contributed by atoms with Gasteiger partial charge in [-0.1, -0.05) is 0 Å². The Labute approximate surface area is 125 Å². The van der Waals surface area contributed by atoms with E-state index in [-0.39, 0.29) is 5.91 Å². The summed E-state index contributed by atoms with van der Waals surface area (Å²) in [5.41, 5.74) is 0.995. The van der Waals surface area contributed by atoms with Crippen molar-refractivity contribution in [1.82, 2.24) is 15.1 Å². The third-order valence-corrected chi connectivity index (χ3v) is 4.26. The quantitative estimate of drug-likeness (QED) is 0.834. The summed E-state index contributed by atoms with van der Waals surface area (Å²) in [6.45, 7) is 0.300. The number of ether oxygens (including phenoxy) is 1. The second kappa shape index (κ2) is 6.47. The summed E-state index contributed by atoms with van der Waals surface area (Å²) in [5, 5.41) is 10.7. The molecule has 21 heavy (non-hydrogen) atoms. The number of methoxy groups -OCH3 is 1. The van der Waals surface area contributed by atoms with Crippen LogP contribution in [-0.4, -0.2) is 41.0 Å². The maximum atomic E-state index is 11.7. The van der Waals surface area contributed by atoms with Crippen molar-refractivity contribution in [1.29, 1.82) is 0 Å². The molecule has 1 amide bonds. The molecule has 2 fully saturated rings. The van der Waals surface area contributed by atoms with Gasteiger partial charge in [-0.3, -0.25) is 9.48 Å². The van der Waals surface area contributed by atoms with Crippen molar-refractivity contribution in [3.8, 4) is 0 Å². The second-order valence-electron chi connectivity index (χ2n) is 6.12. The number of amides is 1. The SMILES string of the molecule is COC1CCC(Nc2cnn(CC(=O)NC3CC3)c2)CC1. The molecule has 0 unspecified atom stereocenters. The van der Waals surface area contributed by atoms with Crippen LogP contribution in [-0.2, 0) is 16.1 Å². The minimum absolute atomic E-state index is 0.0488. The monoisotopic (exact) mass is 292 g/mol. The molecule has 2 aliphatic rings. The van der Waals surface area contributed by atoms with Crippen LogP contribution in [0.3, 0.4) is 0 Å². The van der Waals surface area contributed by atoms with E-state index in [0.717, 1.165) is 44.2 Å². The number of hydrogen-bond donors (Lipinski definition) is 2. The molecule has 2 N–H and O–H groups in total. The molecule has 3 rings (SSSR count). The third kappa shape index (κ3) is 4.20. The third-order valence-electron chi connectivity index (χ3n) is 4.26. The fourth-order valence-electron chi connectivity index (χ4n) is 2.85. The number of anilines is 1. The van der Waals surface area contributed by atoms with Crippen LogP contribution >= 0.6 is 0 Å². The first kappa shape index (κ1) is 14.4. The Balaban J connectivity index is 1.45. The van der Waals surface area contributed by atoms with Crippen LogP contribution in [0, 0.1) is 0 Å². The van der Waals surface area contributed by atoms with E-state index in [1.54, 1.807) is 18.0 Å². The van der Waals surface area contributed by atoms with Crippen LogP contribution < -0.4 is 10.6 Å². The first-order chi connectivity index (χ1) is 10.2. The number of nitrogens with one attached hydrogen (secondary N) is 2. The lowest BCUT2D eigenvalue weighted by atomic mass is 9.93. The molecule has 2 aliphatic carbocycles. The summed E-state index contributed by atoms with van der Waals surface area (Å²) in [5.74, 6) is 0.0488. The molecule has 116 valence electrons. The molecular weight excluding hydrogens is 268 g/mol. The van der Waals surface area contributed by atoms with Gasteiger partial charge in [0.05, 0.1) is 18.0 Å². The van der Waals surface area contributed by atoms with Crippen molar-refractivity contribution in [3.63, 3.8) is 0 Å². The molecule has 6 nitrogen and oxygen atoms in total. The lowest BCUT2D eigenvalue weighted by Gasteiger charge is -2.28. The molecule has 0 atom stereocenters. The lowest BCUT2D eigenvalue weighted by Crippen LogP contribution is -2.29. The standard InChI is InChI=1S/C15H24N4O2/c1-21-14-6-4-11(5-7-14)17-13-8-16-19(9-13)10-15(20)18-12-2-3-12/h8-9,11-12,14,17H,2-7,10H2,1H3,(H,18,20). The Kier molecular flexibility index (Phi) is 4.43. The Morgan fingerprint density at radius 3 is 2.67 bits per heavy atom. The van der Waals surface area contributed by atoms with Crippen LogP contribution in [0.2, 0.25) is 0 Å². The molecule has 1 aromatic rings. The number of hydrogen-bond acceptors (Lipinski definition) is 4. The molecule has 1 aromatic heterocycles. The summed E-state index contributed by atoms with van der Waals surface area (Å²) in [6, 6.07) is 0.885. The predicted molar refractivity (Wildman–Crippen MR) is 80.1 cm³/mol. The molecule has 2 saturated carbocycles. The second-order valence-corrected chi connectivity index (χ2v) is 6.12. The van der Waals surface area contributed by atoms with Gasteiger partial charge in [0.25, 0.3) is 0 Å². The summed E-state index contributed by atoms with van der Waals surface area (Å²) >= 11 is 0. The highest BCUT2D eigenvalue weighted by molar-refractivity contribution is 5.76. The summed E-state index contributed by atoms with van der Waals surface area (Å²) in [7, 11) is 1.79. The van der Waals surface area contributed by atoms with Gasteiger partial charge in [0.2, 0.25) is 5.91 Å². The molecule has 0 saturated heterocycles. The number of aromatic nitrogens is 2. The largest absolute Gasteiger partial charge is 0.381 e. The van der Waals surface area contributed by atoms with Gasteiger partial charge in [-0.05, 0) is 38.5 Å². The minimum Gasteiger partial charge on any atom is -0.381 e. The van der Waals surface area contributed by atoms with E-state index in [0.29, 0.717) is 24.7 Å². The number of rotatable bonds is 6. The Bertz CT molecular complexity index is 476. The van der Waals surface area contributed by atoms with Crippen molar-refractivity contribution in [2.24, 2.45) is 0 Å². The average Bonchev–Trinajstić information content (AvgIpc) is 3.19. The Hall–Kier alpha value is -1.56. The van der Waals surface area contributed by atoms with E-state index in [1.165, 1.54) is 0 Å². The number of carbonyl (C=O) groups is 1. The van der Waals surface area contributed by atoms with Gasteiger partial charge in [0, 0.05) is 25.4 Å². The van der Waals surface area contributed by atoms with Crippen LogP contribution in [0.25, 0.3) is 0 Å². The topological polar surface area (TPSA) is 68.2 Å². The fraction of sp³-hybridized carbons (Fsp3) is 0.733. The van der Waals surface area contributed by atoms with E-state index in [2.05, 4.69) is 15.7 Å². The highest BCUT2D eigenvalue weighted by Gasteiger charge is 2.23. The van der Waals surface area contributed by atoms with Gasteiger partial charge >= 0.3 is 0 Å². The maximum absolute atomic E-state index is 11.7. The highest BCUT2D eigenvalue weighted by Crippen LogP contribution is 2.23. The van der Waals surface area contributed by atoms with Gasteiger partial charge in [0.1, 0.15) is 6.54 Å². The Morgan fingerprint density at radius 2 is 2.00 bits per heavy atom. The summed E-state index contributed by atoms with van der Waals surface area (Å²) in [4.78, 5) is 11.7. The smallest absolute Gasteiger partial charge is 0.241 e. The first-order valence-corrected chi connectivity index (χ1v) is 7.84. The van der Waals surface area contributed by atoms with Gasteiger partial charge in [-0.2, -0.15) is 5.10 Å². The summed E-state index contributed by atoms with van der Waals surface area (Å²) in [6.07, 6.45) is 10.8. The highest BCUT2D eigenvalue weighted by atomic mass is 16.5. The van der Waals surface area contributed by atoms with Crippen molar-refractivity contribution in [3.05, 3.63) is 12.4 Å². The van der Waals surface area contributed by atoms with Crippen molar-refractivity contribution < 1.29 is 9.53 Å². The molecular formula is C15H24N4O2. The van der Waals surface area contributed by atoms with Gasteiger partial charge in [-0.25, -0.2) is 0 Å². The van der Waals surface area contributed by atoms with E-state index < -0.39 is 0 Å². The van der Waals surface area contributed by atoms with E-state index >= 15 is 0 Å². The molecule has 0 radical (unpaired) electrons. The van der Waals surface area contributed by atoms with E-state index in [9.17, 15) is 4.79 Å². The van der Waals surface area contributed by atoms with Crippen molar-refractivity contribution >= 4 is 11.6 Å². The maximum Gasteiger partial charge on any atom is 0.241 e. The van der Waals surface area contributed by atoms with Crippen molar-refractivity contribution in [2.45, 2.75) is 63.3 Å². The Morgan fingerprint density at radius 1 is 1.29 bits per heavy atom. The number of nitrogens with zero attached hydrogens (tertiary/aromatic N) is 2. The van der Waals surface area contributed by atoms with Crippen LogP contribution in [0.1, 0.15) is 38.5 Å². The van der Waals surface area contributed by atoms with Gasteiger partial charge < -0.3 is 15.4 Å². The van der Waals surface area contributed by atoms with Crippen LogP contribution in [0.4, 0.5) is 5.69 Å². The van der Waals surface area contributed by atoms with Gasteiger partial charge in [-0.15, -0.1) is 0 Å². The molecule has 0 aliphatic heterocycles. The normalized spacial score (nSPS) is 25.6. The fourth-order valence-corrected chi connectivity index (χ4v) is 2.85. The van der Waals surface area contributed by atoms with Crippen molar-refractivity contribution in [2.75, 3.05) is 12.4 Å². The number of carbonyl (C=O) groups excluding carboxylic acids is 1. The van der Waals surface area contributed by atoms with Crippen LogP contribution in [0.5, 0.6) is 0 Å². The zero-order valence-electron chi connectivity index (χ0n) is 12.5. The predicted octanol–water partition coefficient (Wildman–Crippen LogP) is 1.53. The first-order valence-electron chi connectivity index (χ1n) is 7.84.